The Morgan fingerprint density at radius 3 is 2.95 bits per heavy atom. The van der Waals surface area contributed by atoms with E-state index in [-0.39, 0.29) is 6.10 Å². The van der Waals surface area contributed by atoms with Gasteiger partial charge < -0.3 is 10.5 Å². The fraction of sp³-hybridized carbons (Fsp3) is 0.294. The van der Waals surface area contributed by atoms with E-state index in [0.717, 1.165) is 16.9 Å². The maximum absolute atomic E-state index is 12.7. The minimum absolute atomic E-state index is 0.100. The molecule has 110 valence electrons. The van der Waals surface area contributed by atoms with Gasteiger partial charge in [0.05, 0.1) is 29.3 Å². The molecule has 0 spiro atoms. The molecule has 0 amide bonds. The lowest BCUT2D eigenvalue weighted by Gasteiger charge is -2.26. The maximum atomic E-state index is 12.7. The Labute approximate surface area is 127 Å². The van der Waals surface area contributed by atoms with E-state index in [2.05, 4.69) is 12.1 Å². The molecule has 1 aliphatic rings. The number of hydrogen-bond acceptors (Lipinski definition) is 3. The van der Waals surface area contributed by atoms with Gasteiger partial charge in [-0.3, -0.25) is 4.21 Å². The molecule has 0 aromatic heterocycles. The molecular weight excluding hydrogens is 282 g/mol. The van der Waals surface area contributed by atoms with Crippen LogP contribution in [0, 0.1) is 6.92 Å². The van der Waals surface area contributed by atoms with Crippen LogP contribution in [0.5, 0.6) is 0 Å². The second-order valence-electron chi connectivity index (χ2n) is 5.35. The van der Waals surface area contributed by atoms with E-state index in [1.165, 1.54) is 11.1 Å². The third-order valence-corrected chi connectivity index (χ3v) is 5.39. The van der Waals surface area contributed by atoms with Crippen LogP contribution >= 0.6 is 0 Å². The third-order valence-electron chi connectivity index (χ3n) is 3.85. The number of benzene rings is 2. The number of anilines is 1. The summed E-state index contributed by atoms with van der Waals surface area (Å²) in [6.07, 6.45) is 0.827. The van der Waals surface area contributed by atoms with Gasteiger partial charge in [0.2, 0.25) is 0 Å². The van der Waals surface area contributed by atoms with Crippen molar-refractivity contribution < 1.29 is 8.95 Å². The van der Waals surface area contributed by atoms with Crippen molar-refractivity contribution in [1.82, 2.24) is 0 Å². The van der Waals surface area contributed by atoms with Gasteiger partial charge in [0.15, 0.2) is 0 Å². The van der Waals surface area contributed by atoms with Crippen LogP contribution in [0.3, 0.4) is 0 Å². The van der Waals surface area contributed by atoms with Gasteiger partial charge in [0.25, 0.3) is 0 Å². The van der Waals surface area contributed by atoms with Crippen molar-refractivity contribution in [3.05, 3.63) is 59.2 Å². The Morgan fingerprint density at radius 1 is 1.29 bits per heavy atom. The smallest absolute Gasteiger partial charge is 0.0946 e. The molecule has 1 aliphatic heterocycles. The normalized spacial score (nSPS) is 19.0. The predicted molar refractivity (Wildman–Crippen MR) is 85.7 cm³/mol. The lowest BCUT2D eigenvalue weighted by atomic mass is 9.99. The Balaban J connectivity index is 1.84. The molecule has 1 heterocycles. The van der Waals surface area contributed by atoms with Gasteiger partial charge in [0.1, 0.15) is 0 Å². The summed E-state index contributed by atoms with van der Waals surface area (Å²) in [5.74, 6) is 0.474. The van der Waals surface area contributed by atoms with Crippen LogP contribution in [-0.4, -0.2) is 16.6 Å². The van der Waals surface area contributed by atoms with Crippen LogP contribution in [0.4, 0.5) is 5.69 Å². The van der Waals surface area contributed by atoms with Crippen molar-refractivity contribution in [3.63, 3.8) is 0 Å². The summed E-state index contributed by atoms with van der Waals surface area (Å²) in [5, 5.41) is 0. The van der Waals surface area contributed by atoms with Crippen LogP contribution in [-0.2, 0) is 22.0 Å². The van der Waals surface area contributed by atoms with E-state index in [1.807, 2.05) is 31.2 Å². The van der Waals surface area contributed by atoms with Gasteiger partial charge in [-0.05, 0) is 42.2 Å². The quantitative estimate of drug-likeness (QED) is 0.887. The van der Waals surface area contributed by atoms with E-state index in [0.29, 0.717) is 18.0 Å². The molecule has 0 saturated carbocycles. The van der Waals surface area contributed by atoms with Crippen molar-refractivity contribution in [2.24, 2.45) is 0 Å². The predicted octanol–water partition coefficient (Wildman–Crippen LogP) is 3.00. The Hall–Kier alpha value is -1.65. The summed E-state index contributed by atoms with van der Waals surface area (Å²) < 4.78 is 18.5. The Kier molecular flexibility index (Phi) is 4.08. The molecule has 21 heavy (non-hydrogen) atoms. The first-order valence-corrected chi connectivity index (χ1v) is 8.41. The molecule has 3 nitrogen and oxygen atoms in total. The summed E-state index contributed by atoms with van der Waals surface area (Å²) in [6, 6.07) is 13.8. The molecule has 2 N–H and O–H groups in total. The summed E-state index contributed by atoms with van der Waals surface area (Å²) in [4.78, 5) is 0.807. The second-order valence-corrected chi connectivity index (χ2v) is 6.81. The maximum Gasteiger partial charge on any atom is 0.0946 e. The van der Waals surface area contributed by atoms with Gasteiger partial charge in [-0.15, -0.1) is 0 Å². The molecule has 2 atom stereocenters. The first-order valence-electron chi connectivity index (χ1n) is 7.09. The summed E-state index contributed by atoms with van der Waals surface area (Å²) >= 11 is 0. The van der Waals surface area contributed by atoms with Crippen LogP contribution in [0.15, 0.2) is 47.4 Å². The molecule has 0 fully saturated rings. The van der Waals surface area contributed by atoms with Crippen LogP contribution in [0.2, 0.25) is 0 Å². The average molecular weight is 301 g/mol. The number of ether oxygens (including phenoxy) is 1. The zero-order chi connectivity index (χ0) is 14.8. The molecule has 0 bridgehead atoms. The fourth-order valence-electron chi connectivity index (χ4n) is 2.70. The SMILES string of the molecule is Cc1ccc(N)cc1S(=O)CC1OCCc2ccccc21. The lowest BCUT2D eigenvalue weighted by molar-refractivity contribution is 0.0582. The highest BCUT2D eigenvalue weighted by Crippen LogP contribution is 2.29. The van der Waals surface area contributed by atoms with Crippen LogP contribution in [0.1, 0.15) is 22.8 Å². The summed E-state index contributed by atoms with van der Waals surface area (Å²) in [5.41, 5.74) is 9.93. The number of rotatable bonds is 3. The minimum Gasteiger partial charge on any atom is -0.399 e. The molecule has 0 radical (unpaired) electrons. The molecule has 2 unspecified atom stereocenters. The highest BCUT2D eigenvalue weighted by Gasteiger charge is 2.23. The standard InChI is InChI=1S/C17H19NO2S/c1-12-6-7-14(18)10-17(12)21(19)11-16-15-5-3-2-4-13(15)8-9-20-16/h2-7,10,16H,8-9,11,18H2,1H3. The number of nitrogens with two attached hydrogens (primary N) is 1. The zero-order valence-electron chi connectivity index (χ0n) is 12.0. The van der Waals surface area contributed by atoms with Gasteiger partial charge in [-0.25, -0.2) is 0 Å². The average Bonchev–Trinajstić information content (AvgIpc) is 2.50. The molecule has 2 aromatic carbocycles. The molecule has 0 saturated heterocycles. The van der Waals surface area contributed by atoms with Gasteiger partial charge in [0, 0.05) is 10.6 Å². The first-order chi connectivity index (χ1) is 10.1. The fourth-order valence-corrected chi connectivity index (χ4v) is 4.13. The molecule has 0 aliphatic carbocycles. The van der Waals surface area contributed by atoms with Crippen molar-refractivity contribution in [2.45, 2.75) is 24.3 Å². The summed E-state index contributed by atoms with van der Waals surface area (Å²) in [6.45, 7) is 2.65. The zero-order valence-corrected chi connectivity index (χ0v) is 12.9. The summed E-state index contributed by atoms with van der Waals surface area (Å²) in [7, 11) is -1.12. The topological polar surface area (TPSA) is 52.3 Å². The van der Waals surface area contributed by atoms with Crippen molar-refractivity contribution in [1.29, 1.82) is 0 Å². The molecular formula is C17H19NO2S. The number of nitrogen functional groups attached to an aromatic ring is 1. The van der Waals surface area contributed by atoms with E-state index >= 15 is 0 Å². The molecule has 3 rings (SSSR count). The van der Waals surface area contributed by atoms with E-state index in [4.69, 9.17) is 10.5 Å². The Morgan fingerprint density at radius 2 is 2.10 bits per heavy atom. The molecule has 4 heteroatoms. The van der Waals surface area contributed by atoms with Gasteiger partial charge in [-0.2, -0.15) is 0 Å². The lowest BCUT2D eigenvalue weighted by Crippen LogP contribution is -2.21. The third kappa shape index (κ3) is 3.01. The van der Waals surface area contributed by atoms with Crippen molar-refractivity contribution >= 4 is 16.5 Å². The number of aryl methyl sites for hydroxylation is 1. The number of fused-ring (bicyclic) bond motifs is 1. The second kappa shape index (κ2) is 6.00. The van der Waals surface area contributed by atoms with E-state index in [1.54, 1.807) is 6.07 Å². The van der Waals surface area contributed by atoms with Crippen molar-refractivity contribution in [2.75, 3.05) is 18.1 Å². The van der Waals surface area contributed by atoms with Crippen molar-refractivity contribution in [3.8, 4) is 0 Å². The van der Waals surface area contributed by atoms with E-state index in [9.17, 15) is 4.21 Å². The van der Waals surface area contributed by atoms with Crippen LogP contribution < -0.4 is 5.73 Å². The molecule has 2 aromatic rings. The number of hydrogen-bond donors (Lipinski definition) is 1. The minimum atomic E-state index is -1.12. The van der Waals surface area contributed by atoms with E-state index < -0.39 is 10.8 Å². The highest BCUT2D eigenvalue weighted by atomic mass is 32.2. The van der Waals surface area contributed by atoms with Crippen LogP contribution in [0.25, 0.3) is 0 Å². The first kappa shape index (κ1) is 14.3. The van der Waals surface area contributed by atoms with Gasteiger partial charge >= 0.3 is 0 Å². The Bertz CT molecular complexity index is 684. The monoisotopic (exact) mass is 301 g/mol. The highest BCUT2D eigenvalue weighted by molar-refractivity contribution is 7.85. The largest absolute Gasteiger partial charge is 0.399 e. The van der Waals surface area contributed by atoms with Gasteiger partial charge in [-0.1, -0.05) is 30.3 Å².